The van der Waals surface area contributed by atoms with Gasteiger partial charge in [0.1, 0.15) is 5.76 Å². The maximum Gasteiger partial charge on any atom is 0.329 e. The van der Waals surface area contributed by atoms with E-state index in [9.17, 15) is 9.59 Å². The number of aryl methyl sites for hydroxylation is 1. The van der Waals surface area contributed by atoms with Gasteiger partial charge >= 0.3 is 6.03 Å². The summed E-state index contributed by atoms with van der Waals surface area (Å²) in [6, 6.07) is 1.21. The number of halogens is 1. The number of aromatic nitrogens is 2. The second-order valence-corrected chi connectivity index (χ2v) is 4.53. The van der Waals surface area contributed by atoms with Crippen LogP contribution in [0.3, 0.4) is 0 Å². The van der Waals surface area contributed by atoms with Gasteiger partial charge in [0.25, 0.3) is 0 Å². The average Bonchev–Trinajstić information content (AvgIpc) is 2.73. The molecule has 1 N–H and O–H groups in total. The van der Waals surface area contributed by atoms with Crippen molar-refractivity contribution in [3.05, 3.63) is 17.0 Å². The fraction of sp³-hybridized carbons (Fsp3) is 0.273. The van der Waals surface area contributed by atoms with Crippen LogP contribution in [-0.2, 0) is 4.79 Å². The number of urea groups is 1. The Morgan fingerprint density at radius 2 is 2.21 bits per heavy atom. The lowest BCUT2D eigenvalue weighted by atomic mass is 10.2. The van der Waals surface area contributed by atoms with E-state index in [0.717, 1.165) is 0 Å². The molecule has 19 heavy (non-hydrogen) atoms. The molecule has 8 heteroatoms. The van der Waals surface area contributed by atoms with Crippen LogP contribution in [0.1, 0.15) is 12.2 Å². The van der Waals surface area contributed by atoms with Gasteiger partial charge in [0, 0.05) is 13.0 Å². The van der Waals surface area contributed by atoms with Crippen LogP contribution in [-0.4, -0.2) is 28.7 Å². The minimum atomic E-state index is -0.520. The molecule has 7 nitrogen and oxygen atoms in total. The summed E-state index contributed by atoms with van der Waals surface area (Å²) in [7, 11) is 0. The van der Waals surface area contributed by atoms with Crippen molar-refractivity contribution in [1.82, 2.24) is 15.5 Å². The number of nitrogens with zero attached hydrogens (tertiary/aromatic N) is 3. The number of carbonyl (C=O) groups excluding carboxylic acids is 2. The number of amides is 3. The lowest BCUT2D eigenvalue weighted by Gasteiger charge is -2.25. The van der Waals surface area contributed by atoms with Gasteiger partial charge in [-0.05, 0) is 13.0 Å². The number of nitrogens with one attached hydrogen (secondary N) is 1. The van der Waals surface area contributed by atoms with Crippen molar-refractivity contribution in [2.24, 2.45) is 0 Å². The SMILES string of the molecule is Cc1cc2c(N3CCC(=O)NC3=O)nnc(Cl)c2o1. The summed E-state index contributed by atoms with van der Waals surface area (Å²) < 4.78 is 5.43. The van der Waals surface area contributed by atoms with Crippen molar-refractivity contribution in [1.29, 1.82) is 0 Å². The molecule has 0 radical (unpaired) electrons. The number of rotatable bonds is 1. The van der Waals surface area contributed by atoms with Gasteiger partial charge in [-0.2, -0.15) is 0 Å². The van der Waals surface area contributed by atoms with Crippen LogP contribution in [0.25, 0.3) is 11.0 Å². The van der Waals surface area contributed by atoms with E-state index in [2.05, 4.69) is 15.5 Å². The lowest BCUT2D eigenvalue weighted by molar-refractivity contribution is -0.120. The summed E-state index contributed by atoms with van der Waals surface area (Å²) in [5, 5.41) is 10.7. The van der Waals surface area contributed by atoms with Gasteiger partial charge in [-0.1, -0.05) is 11.6 Å². The Kier molecular flexibility index (Phi) is 2.63. The summed E-state index contributed by atoms with van der Waals surface area (Å²) in [4.78, 5) is 24.3. The molecular weight excluding hydrogens is 272 g/mol. The van der Waals surface area contributed by atoms with Gasteiger partial charge in [0.15, 0.2) is 16.6 Å². The molecule has 98 valence electrons. The quantitative estimate of drug-likeness (QED) is 0.858. The van der Waals surface area contributed by atoms with E-state index in [-0.39, 0.29) is 24.0 Å². The van der Waals surface area contributed by atoms with E-state index in [1.165, 1.54) is 4.90 Å². The fourth-order valence-electron chi connectivity index (χ4n) is 1.99. The van der Waals surface area contributed by atoms with Gasteiger partial charge in [0.2, 0.25) is 5.91 Å². The van der Waals surface area contributed by atoms with Crippen molar-refractivity contribution in [3.8, 4) is 0 Å². The zero-order valence-electron chi connectivity index (χ0n) is 9.94. The Labute approximate surface area is 112 Å². The number of furan rings is 1. The number of hydrogen-bond donors (Lipinski definition) is 1. The van der Waals surface area contributed by atoms with E-state index in [1.54, 1.807) is 13.0 Å². The van der Waals surface area contributed by atoms with E-state index in [0.29, 0.717) is 22.5 Å². The lowest BCUT2D eigenvalue weighted by Crippen LogP contribution is -2.50. The first-order valence-electron chi connectivity index (χ1n) is 5.60. The molecule has 1 aliphatic heterocycles. The van der Waals surface area contributed by atoms with Crippen molar-refractivity contribution in [2.45, 2.75) is 13.3 Å². The second kappa shape index (κ2) is 4.20. The van der Waals surface area contributed by atoms with Crippen LogP contribution >= 0.6 is 11.6 Å². The predicted molar refractivity (Wildman–Crippen MR) is 67.1 cm³/mol. The standard InChI is InChI=1S/C11H9ClN4O3/c1-5-4-6-8(19-5)9(12)14-15-10(6)16-3-2-7(17)13-11(16)18/h4H,2-3H2,1H3,(H,13,17,18). The third kappa shape index (κ3) is 1.91. The molecular formula is C11H9ClN4O3. The van der Waals surface area contributed by atoms with Gasteiger partial charge in [-0.3, -0.25) is 15.0 Å². The Morgan fingerprint density at radius 3 is 2.95 bits per heavy atom. The molecule has 0 unspecified atom stereocenters. The molecule has 0 aromatic carbocycles. The van der Waals surface area contributed by atoms with Crippen LogP contribution < -0.4 is 10.2 Å². The Bertz CT molecular complexity index is 697. The highest BCUT2D eigenvalue weighted by Crippen LogP contribution is 2.31. The van der Waals surface area contributed by atoms with Crippen LogP contribution in [0.4, 0.5) is 10.6 Å². The summed E-state index contributed by atoms with van der Waals surface area (Å²) in [6.07, 6.45) is 0.217. The fourth-order valence-corrected chi connectivity index (χ4v) is 2.17. The first-order chi connectivity index (χ1) is 9.06. The van der Waals surface area contributed by atoms with Crippen molar-refractivity contribution in [2.75, 3.05) is 11.4 Å². The highest BCUT2D eigenvalue weighted by molar-refractivity contribution is 6.33. The minimum absolute atomic E-state index is 0.139. The largest absolute Gasteiger partial charge is 0.458 e. The third-order valence-electron chi connectivity index (χ3n) is 2.83. The summed E-state index contributed by atoms with van der Waals surface area (Å²) in [6.45, 7) is 2.01. The number of anilines is 1. The monoisotopic (exact) mass is 280 g/mol. The van der Waals surface area contributed by atoms with Gasteiger partial charge < -0.3 is 4.42 Å². The molecule has 3 rings (SSSR count). The van der Waals surface area contributed by atoms with E-state index >= 15 is 0 Å². The first kappa shape index (κ1) is 11.9. The predicted octanol–water partition coefficient (Wildman–Crippen LogP) is 1.63. The smallest absolute Gasteiger partial charge is 0.329 e. The van der Waals surface area contributed by atoms with Crippen molar-refractivity contribution in [3.63, 3.8) is 0 Å². The summed E-state index contributed by atoms with van der Waals surface area (Å²) in [5.41, 5.74) is 0.383. The Morgan fingerprint density at radius 1 is 1.42 bits per heavy atom. The molecule has 3 amide bonds. The first-order valence-corrected chi connectivity index (χ1v) is 5.98. The molecule has 0 aliphatic carbocycles. The zero-order chi connectivity index (χ0) is 13.6. The normalized spacial score (nSPS) is 16.0. The maximum absolute atomic E-state index is 11.8. The Hall–Kier alpha value is -2.15. The molecule has 0 atom stereocenters. The molecule has 0 saturated carbocycles. The number of imide groups is 1. The highest BCUT2D eigenvalue weighted by Gasteiger charge is 2.28. The molecule has 2 aromatic heterocycles. The molecule has 0 bridgehead atoms. The van der Waals surface area contributed by atoms with Gasteiger partial charge in [-0.25, -0.2) is 4.79 Å². The second-order valence-electron chi connectivity index (χ2n) is 4.17. The molecule has 1 fully saturated rings. The van der Waals surface area contributed by atoms with Crippen LogP contribution in [0, 0.1) is 6.92 Å². The number of carbonyl (C=O) groups is 2. The molecule has 1 aliphatic rings. The van der Waals surface area contributed by atoms with E-state index in [1.807, 2.05) is 0 Å². The maximum atomic E-state index is 11.8. The van der Waals surface area contributed by atoms with E-state index in [4.69, 9.17) is 16.0 Å². The zero-order valence-corrected chi connectivity index (χ0v) is 10.7. The molecule has 3 heterocycles. The van der Waals surface area contributed by atoms with Crippen molar-refractivity contribution < 1.29 is 14.0 Å². The highest BCUT2D eigenvalue weighted by atomic mass is 35.5. The Balaban J connectivity index is 2.12. The molecule has 1 saturated heterocycles. The minimum Gasteiger partial charge on any atom is -0.458 e. The number of fused-ring (bicyclic) bond motifs is 1. The topological polar surface area (TPSA) is 88.3 Å². The summed E-state index contributed by atoms with van der Waals surface area (Å²) in [5.74, 6) is 0.672. The molecule has 0 spiro atoms. The van der Waals surface area contributed by atoms with Crippen LogP contribution in [0.5, 0.6) is 0 Å². The third-order valence-corrected chi connectivity index (χ3v) is 3.07. The van der Waals surface area contributed by atoms with Crippen molar-refractivity contribution >= 4 is 40.3 Å². The van der Waals surface area contributed by atoms with Crippen LogP contribution in [0.2, 0.25) is 5.15 Å². The van der Waals surface area contributed by atoms with Crippen LogP contribution in [0.15, 0.2) is 10.5 Å². The van der Waals surface area contributed by atoms with Gasteiger partial charge in [0.05, 0.1) is 5.39 Å². The average molecular weight is 281 g/mol. The summed E-state index contributed by atoms with van der Waals surface area (Å²) >= 11 is 5.90. The van der Waals surface area contributed by atoms with Gasteiger partial charge in [-0.15, -0.1) is 10.2 Å². The number of hydrogen-bond acceptors (Lipinski definition) is 5. The molecule has 2 aromatic rings. The van der Waals surface area contributed by atoms with E-state index < -0.39 is 6.03 Å².